The Hall–Kier alpha value is 0.0800. The van der Waals surface area contributed by atoms with Crippen molar-refractivity contribution in [3.63, 3.8) is 0 Å². The Morgan fingerprint density at radius 1 is 1.30 bits per heavy atom. The highest BCUT2D eigenvalue weighted by molar-refractivity contribution is 9.10. The molecular formula is C6H4BrCl2N. The molecule has 0 heterocycles. The SMILES string of the molecule is Clc1ccc(NBr)c(Cl)c1. The summed E-state index contributed by atoms with van der Waals surface area (Å²) in [5.74, 6) is 0. The van der Waals surface area contributed by atoms with Gasteiger partial charge in [0.25, 0.3) is 0 Å². The molecule has 10 heavy (non-hydrogen) atoms. The molecule has 4 heteroatoms. The van der Waals surface area contributed by atoms with Gasteiger partial charge >= 0.3 is 0 Å². The van der Waals surface area contributed by atoms with E-state index in [1.165, 1.54) is 0 Å². The van der Waals surface area contributed by atoms with Gasteiger partial charge < -0.3 is 4.34 Å². The van der Waals surface area contributed by atoms with Crippen molar-refractivity contribution in [2.45, 2.75) is 0 Å². The zero-order valence-electron chi connectivity index (χ0n) is 4.87. The molecule has 1 N–H and O–H groups in total. The molecule has 0 bridgehead atoms. The highest BCUT2D eigenvalue weighted by atomic mass is 79.9. The molecule has 1 aromatic carbocycles. The molecule has 1 rings (SSSR count). The quantitative estimate of drug-likeness (QED) is 0.738. The third-order valence-electron chi connectivity index (χ3n) is 1.03. The number of halogens is 3. The van der Waals surface area contributed by atoms with Crippen molar-refractivity contribution < 1.29 is 0 Å². The van der Waals surface area contributed by atoms with Crippen LogP contribution in [0, 0.1) is 0 Å². The molecular weight excluding hydrogens is 237 g/mol. The van der Waals surface area contributed by atoms with Gasteiger partial charge in [0.15, 0.2) is 0 Å². The molecule has 0 aliphatic carbocycles. The summed E-state index contributed by atoms with van der Waals surface area (Å²) in [7, 11) is 0. The minimum Gasteiger partial charge on any atom is -0.321 e. The maximum Gasteiger partial charge on any atom is 0.0660 e. The topological polar surface area (TPSA) is 12.0 Å². The molecule has 0 fully saturated rings. The van der Waals surface area contributed by atoms with Crippen molar-refractivity contribution in [3.05, 3.63) is 28.2 Å². The van der Waals surface area contributed by atoms with Crippen molar-refractivity contribution >= 4 is 45.0 Å². The number of hydrogen-bond acceptors (Lipinski definition) is 1. The van der Waals surface area contributed by atoms with Crippen molar-refractivity contribution in [1.82, 2.24) is 0 Å². The lowest BCUT2D eigenvalue weighted by Crippen LogP contribution is -1.79. The predicted octanol–water partition coefficient (Wildman–Crippen LogP) is 3.72. The summed E-state index contributed by atoms with van der Waals surface area (Å²) in [6.07, 6.45) is 0. The van der Waals surface area contributed by atoms with Crippen LogP contribution < -0.4 is 4.34 Å². The van der Waals surface area contributed by atoms with Gasteiger partial charge in [0, 0.05) is 21.2 Å². The summed E-state index contributed by atoms with van der Waals surface area (Å²) in [4.78, 5) is 0. The Bertz CT molecular complexity index is 239. The van der Waals surface area contributed by atoms with Crippen LogP contribution in [-0.2, 0) is 0 Å². The van der Waals surface area contributed by atoms with E-state index >= 15 is 0 Å². The molecule has 0 saturated heterocycles. The molecule has 54 valence electrons. The van der Waals surface area contributed by atoms with Crippen LogP contribution in [0.25, 0.3) is 0 Å². The summed E-state index contributed by atoms with van der Waals surface area (Å²) in [6, 6.07) is 5.23. The normalized spacial score (nSPS) is 9.50. The maximum absolute atomic E-state index is 5.75. The average molecular weight is 241 g/mol. The van der Waals surface area contributed by atoms with E-state index in [2.05, 4.69) is 20.5 Å². The lowest BCUT2D eigenvalue weighted by molar-refractivity contribution is 1.69. The van der Waals surface area contributed by atoms with Crippen molar-refractivity contribution in [1.29, 1.82) is 0 Å². The zero-order valence-corrected chi connectivity index (χ0v) is 7.96. The summed E-state index contributed by atoms with van der Waals surface area (Å²) in [6.45, 7) is 0. The van der Waals surface area contributed by atoms with E-state index < -0.39 is 0 Å². The molecule has 0 aromatic heterocycles. The Morgan fingerprint density at radius 2 is 2.00 bits per heavy atom. The first-order valence-corrected chi connectivity index (χ1v) is 4.10. The largest absolute Gasteiger partial charge is 0.321 e. The van der Waals surface area contributed by atoms with Crippen LogP contribution in [-0.4, -0.2) is 0 Å². The molecule has 0 saturated carbocycles. The summed E-state index contributed by atoms with van der Waals surface area (Å²) in [5, 5.41) is 1.24. The fourth-order valence-corrected chi connectivity index (χ4v) is 1.48. The summed E-state index contributed by atoms with van der Waals surface area (Å²) < 4.78 is 2.74. The second-order valence-corrected chi connectivity index (χ2v) is 2.96. The van der Waals surface area contributed by atoms with Gasteiger partial charge in [0.1, 0.15) is 0 Å². The minimum atomic E-state index is 0.601. The van der Waals surface area contributed by atoms with E-state index in [-0.39, 0.29) is 0 Å². The monoisotopic (exact) mass is 239 g/mol. The highest BCUT2D eigenvalue weighted by Crippen LogP contribution is 2.25. The van der Waals surface area contributed by atoms with Gasteiger partial charge in [-0.2, -0.15) is 0 Å². The second kappa shape index (κ2) is 3.46. The van der Waals surface area contributed by atoms with Crippen LogP contribution >= 0.6 is 39.3 Å². The first kappa shape index (κ1) is 8.18. The molecule has 0 unspecified atom stereocenters. The molecule has 0 radical (unpaired) electrons. The average Bonchev–Trinajstić information content (AvgIpc) is 1.88. The van der Waals surface area contributed by atoms with Crippen LogP contribution in [0.4, 0.5) is 5.69 Å². The van der Waals surface area contributed by atoms with Crippen LogP contribution in [0.2, 0.25) is 10.0 Å². The van der Waals surface area contributed by atoms with Gasteiger partial charge in [0.05, 0.1) is 10.7 Å². The third kappa shape index (κ3) is 1.78. The van der Waals surface area contributed by atoms with Gasteiger partial charge in [-0.25, -0.2) is 0 Å². The molecule has 0 spiro atoms. The Labute approximate surface area is 77.7 Å². The third-order valence-corrected chi connectivity index (χ3v) is 2.01. The number of benzene rings is 1. The van der Waals surface area contributed by atoms with E-state index in [1.54, 1.807) is 18.2 Å². The highest BCUT2D eigenvalue weighted by Gasteiger charge is 1.97. The number of rotatable bonds is 1. The Balaban J connectivity index is 3.07. The van der Waals surface area contributed by atoms with E-state index in [4.69, 9.17) is 23.2 Å². The fraction of sp³-hybridized carbons (Fsp3) is 0. The van der Waals surface area contributed by atoms with Crippen LogP contribution in [0.15, 0.2) is 18.2 Å². The molecule has 0 atom stereocenters. The Morgan fingerprint density at radius 3 is 2.50 bits per heavy atom. The molecule has 0 aliphatic rings. The van der Waals surface area contributed by atoms with Crippen molar-refractivity contribution in [2.75, 3.05) is 4.34 Å². The smallest absolute Gasteiger partial charge is 0.0660 e. The lowest BCUT2D eigenvalue weighted by Gasteiger charge is -1.99. The molecule has 0 aliphatic heterocycles. The van der Waals surface area contributed by atoms with Crippen molar-refractivity contribution in [3.8, 4) is 0 Å². The predicted molar refractivity (Wildman–Crippen MR) is 49.0 cm³/mol. The molecule has 0 amide bonds. The van der Waals surface area contributed by atoms with Gasteiger partial charge in [-0.05, 0) is 18.2 Å². The standard InChI is InChI=1S/C6H4BrCl2N/c7-10-6-2-1-4(8)3-5(6)9/h1-3,10H. The van der Waals surface area contributed by atoms with E-state index in [1.807, 2.05) is 0 Å². The number of anilines is 1. The van der Waals surface area contributed by atoms with Crippen LogP contribution in [0.1, 0.15) is 0 Å². The summed E-state index contributed by atoms with van der Waals surface area (Å²) >= 11 is 14.5. The summed E-state index contributed by atoms with van der Waals surface area (Å²) in [5.41, 5.74) is 0.811. The van der Waals surface area contributed by atoms with Gasteiger partial charge in [-0.15, -0.1) is 0 Å². The maximum atomic E-state index is 5.75. The molecule has 1 aromatic rings. The zero-order chi connectivity index (χ0) is 7.56. The number of nitrogens with one attached hydrogen (secondary N) is 1. The first-order chi connectivity index (χ1) is 4.74. The van der Waals surface area contributed by atoms with Gasteiger partial charge in [0.2, 0.25) is 0 Å². The van der Waals surface area contributed by atoms with E-state index in [0.717, 1.165) is 5.69 Å². The Kier molecular flexibility index (Phi) is 2.83. The van der Waals surface area contributed by atoms with Crippen LogP contribution in [0.3, 0.4) is 0 Å². The minimum absolute atomic E-state index is 0.601. The van der Waals surface area contributed by atoms with Crippen molar-refractivity contribution in [2.24, 2.45) is 0 Å². The van der Waals surface area contributed by atoms with Gasteiger partial charge in [-0.3, -0.25) is 0 Å². The van der Waals surface area contributed by atoms with E-state index in [9.17, 15) is 0 Å². The first-order valence-electron chi connectivity index (χ1n) is 2.55. The van der Waals surface area contributed by atoms with Gasteiger partial charge in [-0.1, -0.05) is 23.2 Å². The molecule has 1 nitrogen and oxygen atoms in total. The van der Waals surface area contributed by atoms with E-state index in [0.29, 0.717) is 10.0 Å². The lowest BCUT2D eigenvalue weighted by atomic mass is 10.3. The number of hydrogen-bond donors (Lipinski definition) is 1. The van der Waals surface area contributed by atoms with Crippen LogP contribution in [0.5, 0.6) is 0 Å². The fourth-order valence-electron chi connectivity index (χ4n) is 0.566. The second-order valence-electron chi connectivity index (χ2n) is 1.72.